The van der Waals surface area contributed by atoms with Crippen LogP contribution in [0.1, 0.15) is 43.8 Å². The number of hydrogen-bond donors (Lipinski definition) is 3. The maximum atomic E-state index is 14.8. The fourth-order valence-electron chi connectivity index (χ4n) is 5.40. The SMILES string of the molecule is CC1(C)CC(O)(c2ncc(-c3cc(Nc4nccc(C(F)(F)F)n4)cc(-c4ccccc4F)c3)s2)CCC1C(=O)O. The van der Waals surface area contributed by atoms with Gasteiger partial charge in [-0.2, -0.15) is 13.2 Å². The van der Waals surface area contributed by atoms with Gasteiger partial charge < -0.3 is 15.5 Å². The van der Waals surface area contributed by atoms with E-state index in [1.54, 1.807) is 42.6 Å². The molecule has 0 saturated heterocycles. The Morgan fingerprint density at radius 1 is 1.10 bits per heavy atom. The number of alkyl halides is 3. The van der Waals surface area contributed by atoms with Gasteiger partial charge in [-0.25, -0.2) is 19.3 Å². The van der Waals surface area contributed by atoms with Crippen LogP contribution in [0.2, 0.25) is 0 Å². The highest BCUT2D eigenvalue weighted by Gasteiger charge is 2.49. The van der Waals surface area contributed by atoms with Crippen molar-refractivity contribution in [2.45, 2.75) is 44.9 Å². The lowest BCUT2D eigenvalue weighted by molar-refractivity contribution is -0.154. The fraction of sp³-hybridized carbons (Fsp3) is 0.310. The number of hydrogen-bond acceptors (Lipinski definition) is 7. The second kappa shape index (κ2) is 10.5. The molecule has 2 unspecified atom stereocenters. The summed E-state index contributed by atoms with van der Waals surface area (Å²) >= 11 is 1.22. The number of aliphatic hydroxyl groups is 1. The van der Waals surface area contributed by atoms with Crippen molar-refractivity contribution in [3.05, 3.63) is 77.4 Å². The predicted octanol–water partition coefficient (Wildman–Crippen LogP) is 7.27. The van der Waals surface area contributed by atoms with Gasteiger partial charge in [0, 0.05) is 23.6 Å². The van der Waals surface area contributed by atoms with Crippen LogP contribution >= 0.6 is 11.3 Å². The van der Waals surface area contributed by atoms with E-state index in [0.29, 0.717) is 33.1 Å². The molecule has 41 heavy (non-hydrogen) atoms. The molecule has 0 radical (unpaired) electrons. The van der Waals surface area contributed by atoms with Crippen LogP contribution in [0.5, 0.6) is 0 Å². The van der Waals surface area contributed by atoms with E-state index in [1.807, 2.05) is 13.8 Å². The second-order valence-electron chi connectivity index (χ2n) is 10.8. The van der Waals surface area contributed by atoms with Gasteiger partial charge in [0.1, 0.15) is 22.1 Å². The Kier molecular flexibility index (Phi) is 7.33. The van der Waals surface area contributed by atoms with Gasteiger partial charge in [0.15, 0.2) is 0 Å². The lowest BCUT2D eigenvalue weighted by Crippen LogP contribution is -2.44. The van der Waals surface area contributed by atoms with Crippen LogP contribution in [0.15, 0.2) is 60.9 Å². The lowest BCUT2D eigenvalue weighted by atomic mass is 9.63. The van der Waals surface area contributed by atoms with E-state index in [-0.39, 0.29) is 24.4 Å². The topological polar surface area (TPSA) is 108 Å². The van der Waals surface area contributed by atoms with E-state index in [0.717, 1.165) is 12.3 Å². The minimum Gasteiger partial charge on any atom is -0.481 e. The zero-order chi connectivity index (χ0) is 29.6. The molecule has 12 heteroatoms. The number of carbonyl (C=O) groups is 1. The van der Waals surface area contributed by atoms with E-state index in [9.17, 15) is 32.6 Å². The monoisotopic (exact) mass is 586 g/mol. The zero-order valence-corrected chi connectivity index (χ0v) is 22.9. The third-order valence-electron chi connectivity index (χ3n) is 7.34. The van der Waals surface area contributed by atoms with Crippen molar-refractivity contribution in [3.8, 4) is 21.6 Å². The van der Waals surface area contributed by atoms with Crippen molar-refractivity contribution in [1.82, 2.24) is 15.0 Å². The largest absolute Gasteiger partial charge is 0.481 e. The Balaban J connectivity index is 1.53. The van der Waals surface area contributed by atoms with Crippen LogP contribution in [-0.2, 0) is 16.6 Å². The zero-order valence-electron chi connectivity index (χ0n) is 22.0. The summed E-state index contributed by atoms with van der Waals surface area (Å²) in [6.45, 7) is 3.63. The molecule has 0 amide bonds. The average Bonchev–Trinajstić information content (AvgIpc) is 3.39. The molecule has 5 rings (SSSR count). The van der Waals surface area contributed by atoms with Gasteiger partial charge in [-0.05, 0) is 66.1 Å². The van der Waals surface area contributed by atoms with Gasteiger partial charge in [0.25, 0.3) is 0 Å². The summed E-state index contributed by atoms with van der Waals surface area (Å²) in [7, 11) is 0. The summed E-state index contributed by atoms with van der Waals surface area (Å²) in [5, 5.41) is 24.4. The number of aliphatic carboxylic acids is 1. The van der Waals surface area contributed by atoms with E-state index in [4.69, 9.17) is 0 Å². The summed E-state index contributed by atoms with van der Waals surface area (Å²) in [6.07, 6.45) is -1.36. The van der Waals surface area contributed by atoms with E-state index in [2.05, 4.69) is 20.3 Å². The molecule has 2 heterocycles. The molecule has 2 aromatic heterocycles. The number of rotatable bonds is 6. The third kappa shape index (κ3) is 5.94. The van der Waals surface area contributed by atoms with Crippen molar-refractivity contribution in [3.63, 3.8) is 0 Å². The normalized spacial score (nSPS) is 20.5. The first kappa shape index (κ1) is 28.6. The highest BCUT2D eigenvalue weighted by Crippen LogP contribution is 2.51. The minimum absolute atomic E-state index is 0.207. The van der Waals surface area contributed by atoms with Gasteiger partial charge in [0.05, 0.1) is 10.8 Å². The van der Waals surface area contributed by atoms with Crippen LogP contribution < -0.4 is 5.32 Å². The number of aromatic nitrogens is 3. The van der Waals surface area contributed by atoms with Crippen molar-refractivity contribution >= 4 is 28.9 Å². The number of nitrogens with zero attached hydrogens (tertiary/aromatic N) is 3. The maximum absolute atomic E-state index is 14.8. The predicted molar refractivity (Wildman–Crippen MR) is 146 cm³/mol. The standard InChI is InChI=1S/C29H26F4N4O3S/c1-27(2)15-28(40,9-7-20(27)24(38)39)25-35-14-22(41-25)17-11-16(19-5-3-4-6-21(19)30)12-18(13-17)36-26-34-10-8-23(37-26)29(31,32)33/h3-6,8,10-14,20,40H,7,9,15H2,1-2H3,(H,38,39)(H,34,36,37). The van der Waals surface area contributed by atoms with Crippen LogP contribution in [-0.4, -0.2) is 31.1 Å². The van der Waals surface area contributed by atoms with Crippen molar-refractivity contribution < 1.29 is 32.6 Å². The molecule has 0 aliphatic heterocycles. The average molecular weight is 587 g/mol. The quantitative estimate of drug-likeness (QED) is 0.204. The fourth-order valence-corrected chi connectivity index (χ4v) is 6.42. The van der Waals surface area contributed by atoms with Gasteiger partial charge >= 0.3 is 12.1 Å². The Hall–Kier alpha value is -3.90. The molecule has 7 nitrogen and oxygen atoms in total. The number of anilines is 2. The summed E-state index contributed by atoms with van der Waals surface area (Å²) < 4.78 is 54.4. The number of benzene rings is 2. The molecule has 2 aromatic carbocycles. The van der Waals surface area contributed by atoms with Gasteiger partial charge in [-0.15, -0.1) is 11.3 Å². The Labute approximate surface area is 237 Å². The second-order valence-corrected chi connectivity index (χ2v) is 11.9. The number of nitrogens with one attached hydrogen (secondary N) is 1. The lowest BCUT2D eigenvalue weighted by Gasteiger charge is -2.44. The highest BCUT2D eigenvalue weighted by atomic mass is 32.1. The number of thiazole rings is 1. The molecule has 1 saturated carbocycles. The van der Waals surface area contributed by atoms with Gasteiger partial charge in [-0.3, -0.25) is 4.79 Å². The maximum Gasteiger partial charge on any atom is 0.433 e. The number of carboxylic acid groups (broad SMARTS) is 1. The number of carboxylic acids is 1. The smallest absolute Gasteiger partial charge is 0.433 e. The summed E-state index contributed by atoms with van der Waals surface area (Å²) in [5.74, 6) is -2.26. The minimum atomic E-state index is -4.66. The summed E-state index contributed by atoms with van der Waals surface area (Å²) in [4.78, 5) is 24.3. The molecule has 0 spiro atoms. The summed E-state index contributed by atoms with van der Waals surface area (Å²) in [6, 6.07) is 11.8. The van der Waals surface area contributed by atoms with Crippen molar-refractivity contribution in [2.75, 3.05) is 5.32 Å². The van der Waals surface area contributed by atoms with Crippen molar-refractivity contribution in [1.29, 1.82) is 0 Å². The van der Waals surface area contributed by atoms with Crippen LogP contribution in [0.3, 0.4) is 0 Å². The molecule has 1 aliphatic carbocycles. The molecule has 214 valence electrons. The van der Waals surface area contributed by atoms with E-state index < -0.39 is 40.6 Å². The molecule has 3 N–H and O–H groups in total. The Morgan fingerprint density at radius 3 is 2.51 bits per heavy atom. The van der Waals surface area contributed by atoms with E-state index >= 15 is 0 Å². The Morgan fingerprint density at radius 2 is 1.83 bits per heavy atom. The first-order chi connectivity index (χ1) is 19.2. The molecular formula is C29H26F4N4O3S. The first-order valence-electron chi connectivity index (χ1n) is 12.7. The van der Waals surface area contributed by atoms with Gasteiger partial charge in [0.2, 0.25) is 5.95 Å². The highest BCUT2D eigenvalue weighted by molar-refractivity contribution is 7.15. The first-order valence-corrected chi connectivity index (χ1v) is 13.6. The third-order valence-corrected chi connectivity index (χ3v) is 8.58. The molecular weight excluding hydrogens is 560 g/mol. The molecule has 2 atom stereocenters. The molecule has 0 bridgehead atoms. The van der Waals surface area contributed by atoms with Crippen LogP contribution in [0.4, 0.5) is 29.2 Å². The van der Waals surface area contributed by atoms with Gasteiger partial charge in [-0.1, -0.05) is 32.0 Å². The van der Waals surface area contributed by atoms with E-state index in [1.165, 1.54) is 17.4 Å². The van der Waals surface area contributed by atoms with Crippen molar-refractivity contribution in [2.24, 2.45) is 11.3 Å². The number of halogens is 4. The molecule has 4 aromatic rings. The summed E-state index contributed by atoms with van der Waals surface area (Å²) in [5.41, 5.74) is -1.48. The van der Waals surface area contributed by atoms with Crippen LogP contribution in [0.25, 0.3) is 21.6 Å². The molecule has 1 fully saturated rings. The molecule has 1 aliphatic rings. The van der Waals surface area contributed by atoms with Crippen LogP contribution in [0, 0.1) is 17.2 Å². The Bertz CT molecular complexity index is 1610.